The monoisotopic (exact) mass is 249 g/mol. The summed E-state index contributed by atoms with van der Waals surface area (Å²) in [5.41, 5.74) is 0. The Morgan fingerprint density at radius 3 is 2.86 bits per heavy atom. The summed E-state index contributed by atoms with van der Waals surface area (Å²) in [4.78, 5) is 4.00. The molecule has 0 fully saturated rings. The van der Waals surface area contributed by atoms with Crippen molar-refractivity contribution in [3.63, 3.8) is 0 Å². The first kappa shape index (κ1) is 11.5. The molecule has 0 unspecified atom stereocenters. The predicted octanol–water partition coefficient (Wildman–Crippen LogP) is 2.69. The summed E-state index contributed by atoms with van der Waals surface area (Å²) in [5, 5.41) is 7.21. The molecule has 0 amide bonds. The molecule has 1 rings (SSSR count). The number of rotatable bonds is 2. The zero-order valence-corrected chi connectivity index (χ0v) is 9.80. The van der Waals surface area contributed by atoms with E-state index < -0.39 is 0 Å². The molecule has 0 aromatic carbocycles. The third-order valence-corrected chi connectivity index (χ3v) is 2.12. The van der Waals surface area contributed by atoms with Crippen molar-refractivity contribution in [1.29, 1.82) is 0 Å². The highest BCUT2D eigenvalue weighted by molar-refractivity contribution is 7.80. The van der Waals surface area contributed by atoms with Gasteiger partial charge in [0, 0.05) is 12.7 Å². The van der Waals surface area contributed by atoms with Crippen LogP contribution in [0.4, 0.5) is 5.82 Å². The molecule has 0 saturated carbocycles. The van der Waals surface area contributed by atoms with E-state index >= 15 is 0 Å². The van der Waals surface area contributed by atoms with E-state index in [2.05, 4.69) is 15.6 Å². The summed E-state index contributed by atoms with van der Waals surface area (Å²) in [5.74, 6) is 0.502. The lowest BCUT2D eigenvalue weighted by molar-refractivity contribution is 0.978. The van der Waals surface area contributed by atoms with Crippen LogP contribution in [0.1, 0.15) is 6.92 Å². The summed E-state index contributed by atoms with van der Waals surface area (Å²) in [6.45, 7) is 2.70. The van der Waals surface area contributed by atoms with Crippen LogP contribution in [0.25, 0.3) is 0 Å². The average Bonchev–Trinajstić information content (AvgIpc) is 2.10. The molecule has 0 aliphatic rings. The van der Waals surface area contributed by atoms with Gasteiger partial charge in [-0.2, -0.15) is 0 Å². The van der Waals surface area contributed by atoms with Crippen LogP contribution < -0.4 is 10.6 Å². The Hall–Kier alpha value is -0.580. The van der Waals surface area contributed by atoms with Crippen molar-refractivity contribution in [2.45, 2.75) is 6.92 Å². The molecule has 0 aliphatic carbocycles. The van der Waals surface area contributed by atoms with Gasteiger partial charge in [-0.05, 0) is 25.2 Å². The van der Waals surface area contributed by atoms with Crippen LogP contribution >= 0.6 is 35.4 Å². The van der Waals surface area contributed by atoms with Gasteiger partial charge in [-0.15, -0.1) is 0 Å². The second kappa shape index (κ2) is 5.34. The highest BCUT2D eigenvalue weighted by atomic mass is 35.5. The van der Waals surface area contributed by atoms with Crippen LogP contribution in [-0.2, 0) is 0 Å². The van der Waals surface area contributed by atoms with E-state index in [1.165, 1.54) is 6.20 Å². The maximum absolute atomic E-state index is 5.88. The first-order valence-electron chi connectivity index (χ1n) is 3.99. The van der Waals surface area contributed by atoms with Gasteiger partial charge in [0.15, 0.2) is 10.9 Å². The Bertz CT molecular complexity index is 343. The molecule has 0 bridgehead atoms. The molecule has 1 aromatic rings. The van der Waals surface area contributed by atoms with Gasteiger partial charge in [0.1, 0.15) is 0 Å². The number of thiocarbonyl (C=S) groups is 1. The van der Waals surface area contributed by atoms with Gasteiger partial charge in [-0.3, -0.25) is 0 Å². The zero-order valence-electron chi connectivity index (χ0n) is 7.47. The van der Waals surface area contributed by atoms with E-state index in [4.69, 9.17) is 35.4 Å². The van der Waals surface area contributed by atoms with Crippen LogP contribution in [0.3, 0.4) is 0 Å². The molecule has 76 valence electrons. The third-order valence-electron chi connectivity index (χ3n) is 1.38. The van der Waals surface area contributed by atoms with Gasteiger partial charge in [-0.25, -0.2) is 4.98 Å². The molecule has 0 saturated heterocycles. The average molecular weight is 250 g/mol. The normalized spacial score (nSPS) is 9.64. The van der Waals surface area contributed by atoms with Crippen LogP contribution in [0.5, 0.6) is 0 Å². The van der Waals surface area contributed by atoms with Crippen molar-refractivity contribution in [2.75, 3.05) is 11.9 Å². The number of hydrogen-bond acceptors (Lipinski definition) is 2. The molecule has 0 spiro atoms. The first-order valence-corrected chi connectivity index (χ1v) is 5.15. The van der Waals surface area contributed by atoms with Crippen molar-refractivity contribution in [1.82, 2.24) is 10.3 Å². The van der Waals surface area contributed by atoms with Crippen LogP contribution in [0.15, 0.2) is 12.3 Å². The Morgan fingerprint density at radius 2 is 2.29 bits per heavy atom. The lowest BCUT2D eigenvalue weighted by Gasteiger charge is -2.08. The van der Waals surface area contributed by atoms with Crippen LogP contribution in [0, 0.1) is 0 Å². The molecule has 1 heterocycles. The Balaban J connectivity index is 2.72. The molecule has 2 N–H and O–H groups in total. The molecular formula is C8H9Cl2N3S. The summed E-state index contributed by atoms with van der Waals surface area (Å²) in [6, 6.07) is 1.60. The zero-order chi connectivity index (χ0) is 10.6. The molecule has 0 atom stereocenters. The first-order chi connectivity index (χ1) is 6.63. The van der Waals surface area contributed by atoms with Crippen molar-refractivity contribution >= 4 is 46.4 Å². The second-order valence-electron chi connectivity index (χ2n) is 2.47. The number of hydrogen-bond donors (Lipinski definition) is 2. The highest BCUT2D eigenvalue weighted by Crippen LogP contribution is 2.22. The van der Waals surface area contributed by atoms with Crippen molar-refractivity contribution in [2.24, 2.45) is 0 Å². The lowest BCUT2D eigenvalue weighted by Crippen LogP contribution is -2.28. The minimum atomic E-state index is 0.442. The summed E-state index contributed by atoms with van der Waals surface area (Å²) in [7, 11) is 0. The van der Waals surface area contributed by atoms with Gasteiger partial charge < -0.3 is 10.6 Å². The van der Waals surface area contributed by atoms with Crippen LogP contribution in [-0.4, -0.2) is 16.6 Å². The van der Waals surface area contributed by atoms with Crippen molar-refractivity contribution < 1.29 is 0 Å². The topological polar surface area (TPSA) is 37.0 Å². The van der Waals surface area contributed by atoms with Crippen LogP contribution in [0.2, 0.25) is 10.0 Å². The number of halogens is 2. The maximum atomic E-state index is 5.88. The van der Waals surface area contributed by atoms with Gasteiger partial charge >= 0.3 is 0 Å². The van der Waals surface area contributed by atoms with Crippen molar-refractivity contribution in [3.8, 4) is 0 Å². The van der Waals surface area contributed by atoms with Gasteiger partial charge in [0.25, 0.3) is 0 Å². The largest absolute Gasteiger partial charge is 0.363 e. The quantitative estimate of drug-likeness (QED) is 0.791. The standard InChI is InChI=1S/C8H9Cl2N3S/c1-2-11-8(14)13-7-6(10)3-5(9)4-12-7/h3-4H,2H2,1H3,(H2,11,12,13,14). The Labute approximate surface area is 97.8 Å². The number of nitrogens with zero attached hydrogens (tertiary/aromatic N) is 1. The van der Waals surface area contributed by atoms with E-state index in [9.17, 15) is 0 Å². The predicted molar refractivity (Wildman–Crippen MR) is 64.2 cm³/mol. The van der Waals surface area contributed by atoms with E-state index in [0.29, 0.717) is 21.0 Å². The Kier molecular flexibility index (Phi) is 4.38. The summed E-state index contributed by atoms with van der Waals surface area (Å²) < 4.78 is 0. The van der Waals surface area contributed by atoms with Gasteiger partial charge in [0.05, 0.1) is 10.0 Å². The van der Waals surface area contributed by atoms with E-state index in [1.807, 2.05) is 6.92 Å². The number of aromatic nitrogens is 1. The number of pyridine rings is 1. The Morgan fingerprint density at radius 1 is 1.57 bits per heavy atom. The second-order valence-corrected chi connectivity index (χ2v) is 3.72. The minimum absolute atomic E-state index is 0.442. The lowest BCUT2D eigenvalue weighted by atomic mass is 10.4. The minimum Gasteiger partial charge on any atom is -0.363 e. The summed E-state index contributed by atoms with van der Waals surface area (Å²) >= 11 is 16.5. The highest BCUT2D eigenvalue weighted by Gasteiger charge is 2.03. The third kappa shape index (κ3) is 3.29. The van der Waals surface area contributed by atoms with E-state index in [-0.39, 0.29) is 0 Å². The number of anilines is 1. The fourth-order valence-corrected chi connectivity index (χ4v) is 1.49. The molecule has 6 heteroatoms. The SMILES string of the molecule is CCNC(=S)Nc1ncc(Cl)cc1Cl. The maximum Gasteiger partial charge on any atom is 0.171 e. The number of nitrogens with one attached hydrogen (secondary N) is 2. The molecule has 1 aromatic heterocycles. The molecule has 3 nitrogen and oxygen atoms in total. The molecule has 0 radical (unpaired) electrons. The molecule has 14 heavy (non-hydrogen) atoms. The van der Waals surface area contributed by atoms with E-state index in [1.54, 1.807) is 6.07 Å². The molecule has 0 aliphatic heterocycles. The smallest absolute Gasteiger partial charge is 0.171 e. The summed E-state index contributed by atoms with van der Waals surface area (Å²) in [6.07, 6.45) is 1.50. The van der Waals surface area contributed by atoms with Crippen molar-refractivity contribution in [3.05, 3.63) is 22.3 Å². The van der Waals surface area contributed by atoms with E-state index in [0.717, 1.165) is 6.54 Å². The fourth-order valence-electron chi connectivity index (χ4n) is 0.819. The van der Waals surface area contributed by atoms with Gasteiger partial charge in [0.2, 0.25) is 0 Å². The fraction of sp³-hybridized carbons (Fsp3) is 0.250. The molecular weight excluding hydrogens is 241 g/mol. The van der Waals surface area contributed by atoms with Gasteiger partial charge in [-0.1, -0.05) is 23.2 Å².